The first kappa shape index (κ1) is 37.5. The summed E-state index contributed by atoms with van der Waals surface area (Å²) in [5.74, 6) is -1.70. The molecule has 3 N–H and O–H groups in total. The van der Waals surface area contributed by atoms with Gasteiger partial charge in [-0.1, -0.05) is 34.9 Å². The fourth-order valence-electron chi connectivity index (χ4n) is 4.88. The van der Waals surface area contributed by atoms with E-state index in [2.05, 4.69) is 6.08 Å². The fraction of sp³-hybridized carbons (Fsp3) is 0.559. The average molecular weight is 633 g/mol. The van der Waals surface area contributed by atoms with Gasteiger partial charge in [0.1, 0.15) is 24.2 Å². The first-order valence-electron chi connectivity index (χ1n) is 15.0. The van der Waals surface area contributed by atoms with Crippen LogP contribution in [0.2, 0.25) is 0 Å². The van der Waals surface area contributed by atoms with Gasteiger partial charge in [-0.15, -0.1) is 0 Å². The quantitative estimate of drug-likeness (QED) is 0.150. The predicted octanol–water partition coefficient (Wildman–Crippen LogP) is 4.52. The molecule has 1 aromatic rings. The highest BCUT2D eigenvalue weighted by molar-refractivity contribution is 5.68. The molecule has 1 aliphatic heterocycles. The molecule has 45 heavy (non-hydrogen) atoms. The number of allylic oxidation sites excluding steroid dienone is 4. The number of hydrogen-bond donors (Lipinski definition) is 3. The highest BCUT2D eigenvalue weighted by Crippen LogP contribution is 2.33. The normalized spacial score (nSPS) is 22.7. The molecule has 0 saturated carbocycles. The number of carbonyl (C=O) groups is 3. The molecule has 11 nitrogen and oxygen atoms in total. The SMILES string of the molecule is CC(=O)OC[C@H]1O[C@H](Oc2cc(C)c(O)cc2C/C=C(\C)CC/C=C(\C)C[C@H](O)C=C(C)C)[C@@H](O)[C@H](OC(C)=O)[C@@H]1OC(C)=O. The number of benzene rings is 1. The summed E-state index contributed by atoms with van der Waals surface area (Å²) in [5.41, 5.74) is 4.40. The Morgan fingerprint density at radius 2 is 1.58 bits per heavy atom. The summed E-state index contributed by atoms with van der Waals surface area (Å²) in [5, 5.41) is 31.8. The highest BCUT2D eigenvalue weighted by Gasteiger charge is 2.51. The smallest absolute Gasteiger partial charge is 0.303 e. The molecular formula is C34H48O11. The average Bonchev–Trinajstić information content (AvgIpc) is 2.91. The molecule has 1 heterocycles. The summed E-state index contributed by atoms with van der Waals surface area (Å²) in [4.78, 5) is 35.3. The minimum atomic E-state index is -1.59. The molecule has 0 amide bonds. The molecule has 0 bridgehead atoms. The maximum atomic E-state index is 11.9. The Hall–Kier alpha value is -3.67. The van der Waals surface area contributed by atoms with Gasteiger partial charge in [0.15, 0.2) is 18.3 Å². The molecule has 1 fully saturated rings. The maximum Gasteiger partial charge on any atom is 0.303 e. The van der Waals surface area contributed by atoms with E-state index >= 15 is 0 Å². The van der Waals surface area contributed by atoms with Crippen molar-refractivity contribution in [3.63, 3.8) is 0 Å². The van der Waals surface area contributed by atoms with Gasteiger partial charge in [-0.2, -0.15) is 0 Å². The zero-order chi connectivity index (χ0) is 33.8. The van der Waals surface area contributed by atoms with Gasteiger partial charge in [-0.25, -0.2) is 0 Å². The van der Waals surface area contributed by atoms with Crippen molar-refractivity contribution >= 4 is 17.9 Å². The Morgan fingerprint density at radius 1 is 0.933 bits per heavy atom. The summed E-state index contributed by atoms with van der Waals surface area (Å²) < 4.78 is 27.8. The van der Waals surface area contributed by atoms with Crippen molar-refractivity contribution in [1.82, 2.24) is 0 Å². The van der Waals surface area contributed by atoms with Crippen LogP contribution in [-0.2, 0) is 39.8 Å². The lowest BCUT2D eigenvalue weighted by Crippen LogP contribution is -2.62. The Balaban J connectivity index is 2.27. The fourth-order valence-corrected chi connectivity index (χ4v) is 4.88. The Labute approximate surface area is 265 Å². The van der Waals surface area contributed by atoms with Crippen molar-refractivity contribution in [2.24, 2.45) is 0 Å². The summed E-state index contributed by atoms with van der Waals surface area (Å²) in [6.45, 7) is 12.7. The molecule has 0 radical (unpaired) electrons. The molecule has 0 aliphatic carbocycles. The van der Waals surface area contributed by atoms with Crippen molar-refractivity contribution in [1.29, 1.82) is 0 Å². The van der Waals surface area contributed by atoms with E-state index < -0.39 is 54.7 Å². The van der Waals surface area contributed by atoms with Crippen LogP contribution in [0.5, 0.6) is 11.5 Å². The van der Waals surface area contributed by atoms with Crippen LogP contribution in [0.25, 0.3) is 0 Å². The number of hydrogen-bond acceptors (Lipinski definition) is 11. The van der Waals surface area contributed by atoms with Gasteiger partial charge in [0.05, 0.1) is 6.10 Å². The molecule has 11 heteroatoms. The first-order valence-corrected chi connectivity index (χ1v) is 15.0. The summed E-state index contributed by atoms with van der Waals surface area (Å²) >= 11 is 0. The van der Waals surface area contributed by atoms with E-state index in [1.165, 1.54) is 6.92 Å². The maximum absolute atomic E-state index is 11.9. The van der Waals surface area contributed by atoms with Crippen molar-refractivity contribution in [2.45, 2.75) is 118 Å². The number of aromatic hydroxyl groups is 1. The number of rotatable bonds is 14. The van der Waals surface area contributed by atoms with Crippen molar-refractivity contribution in [3.05, 3.63) is 58.2 Å². The predicted molar refractivity (Wildman–Crippen MR) is 166 cm³/mol. The molecular weight excluding hydrogens is 584 g/mol. The Kier molecular flexibility index (Phi) is 14.8. The Bertz CT molecular complexity index is 1270. The lowest BCUT2D eigenvalue weighted by Gasteiger charge is -2.42. The minimum Gasteiger partial charge on any atom is -0.508 e. The van der Waals surface area contributed by atoms with Gasteiger partial charge >= 0.3 is 17.9 Å². The van der Waals surface area contributed by atoms with E-state index in [1.54, 1.807) is 19.1 Å². The van der Waals surface area contributed by atoms with E-state index in [0.29, 0.717) is 29.7 Å². The molecule has 6 atom stereocenters. The second kappa shape index (κ2) is 17.7. The van der Waals surface area contributed by atoms with Gasteiger partial charge < -0.3 is 39.0 Å². The van der Waals surface area contributed by atoms with Gasteiger partial charge in [-0.3, -0.25) is 14.4 Å². The third-order valence-corrected chi connectivity index (χ3v) is 7.05. The topological polar surface area (TPSA) is 158 Å². The van der Waals surface area contributed by atoms with Crippen LogP contribution in [0.15, 0.2) is 47.1 Å². The van der Waals surface area contributed by atoms with Crippen LogP contribution in [0.4, 0.5) is 0 Å². The number of aliphatic hydroxyl groups is 2. The number of esters is 3. The lowest BCUT2D eigenvalue weighted by molar-refractivity contribution is -0.285. The van der Waals surface area contributed by atoms with Crippen LogP contribution in [0, 0.1) is 6.92 Å². The van der Waals surface area contributed by atoms with Crippen LogP contribution in [-0.4, -0.2) is 76.6 Å². The van der Waals surface area contributed by atoms with Gasteiger partial charge in [-0.05, 0) is 78.0 Å². The van der Waals surface area contributed by atoms with Gasteiger partial charge in [0.25, 0.3) is 0 Å². The van der Waals surface area contributed by atoms with Crippen LogP contribution in [0.1, 0.15) is 78.9 Å². The Morgan fingerprint density at radius 3 is 2.18 bits per heavy atom. The monoisotopic (exact) mass is 632 g/mol. The van der Waals surface area contributed by atoms with Crippen molar-refractivity contribution in [2.75, 3.05) is 6.61 Å². The minimum absolute atomic E-state index is 0.0578. The first-order chi connectivity index (χ1) is 21.1. The van der Waals surface area contributed by atoms with E-state index in [0.717, 1.165) is 43.4 Å². The standard InChI is InChI=1S/C34H48O11/c1-19(2)14-27(38)15-21(4)11-9-10-20(3)12-13-26-17-28(39)22(5)16-29(26)44-34-31(40)33(43-25(8)37)32(42-24(7)36)30(45-34)18-41-23(6)35/h11-12,14,16-17,27,30-34,38-40H,9-10,13,15,18H2,1-8H3/b20-12+,21-11+/t27-,30-,31+,32-,33+,34+/m1/s1. The van der Waals surface area contributed by atoms with Crippen LogP contribution in [0.3, 0.4) is 0 Å². The number of phenolic OH excluding ortho intramolecular Hbond substituents is 1. The van der Waals surface area contributed by atoms with Gasteiger partial charge in [0, 0.05) is 26.3 Å². The van der Waals surface area contributed by atoms with Crippen molar-refractivity contribution in [3.8, 4) is 11.5 Å². The number of phenols is 1. The second-order valence-corrected chi connectivity index (χ2v) is 11.7. The number of ether oxygens (including phenoxy) is 5. The van der Waals surface area contributed by atoms with Crippen LogP contribution >= 0.6 is 0 Å². The molecule has 1 saturated heterocycles. The number of aryl methyl sites for hydroxylation is 1. The molecule has 250 valence electrons. The summed E-state index contributed by atoms with van der Waals surface area (Å²) in [6, 6.07) is 3.17. The second-order valence-electron chi connectivity index (χ2n) is 11.7. The molecule has 0 aromatic heterocycles. The summed E-state index contributed by atoms with van der Waals surface area (Å²) in [7, 11) is 0. The summed E-state index contributed by atoms with van der Waals surface area (Å²) in [6.07, 6.45) is 1.23. The number of carbonyl (C=O) groups excluding carboxylic acids is 3. The van der Waals surface area contributed by atoms with E-state index in [9.17, 15) is 29.7 Å². The van der Waals surface area contributed by atoms with Crippen molar-refractivity contribution < 1.29 is 53.4 Å². The van der Waals surface area contributed by atoms with Crippen LogP contribution < -0.4 is 4.74 Å². The lowest BCUT2D eigenvalue weighted by atomic mass is 9.98. The third kappa shape index (κ3) is 12.7. The zero-order valence-corrected chi connectivity index (χ0v) is 27.5. The largest absolute Gasteiger partial charge is 0.508 e. The highest BCUT2D eigenvalue weighted by atomic mass is 16.7. The molecule has 0 unspecified atom stereocenters. The molecule has 0 spiro atoms. The number of aliphatic hydroxyl groups excluding tert-OH is 2. The van der Waals surface area contributed by atoms with Gasteiger partial charge in [0.2, 0.25) is 6.29 Å². The van der Waals surface area contributed by atoms with E-state index in [-0.39, 0.29) is 12.4 Å². The molecule has 1 aromatic carbocycles. The van der Waals surface area contributed by atoms with E-state index in [1.807, 2.05) is 39.8 Å². The van der Waals surface area contributed by atoms with E-state index in [4.69, 9.17) is 23.7 Å². The molecule has 2 rings (SSSR count). The molecule has 1 aliphatic rings. The third-order valence-electron chi connectivity index (χ3n) is 7.05. The zero-order valence-electron chi connectivity index (χ0n) is 27.5.